The predicted octanol–water partition coefficient (Wildman–Crippen LogP) is 1.41. The minimum atomic E-state index is -0.959. The van der Waals surface area contributed by atoms with Crippen molar-refractivity contribution in [2.75, 3.05) is 27.2 Å². The molecule has 100 valence electrons. The van der Waals surface area contributed by atoms with Crippen LogP contribution in [-0.4, -0.2) is 43.2 Å². The number of halogens is 1. The number of carbonyl (C=O) groups is 1. The maximum absolute atomic E-state index is 13.1. The molecule has 0 aliphatic rings. The molecule has 0 spiro atoms. The van der Waals surface area contributed by atoms with Crippen LogP contribution >= 0.6 is 0 Å². The van der Waals surface area contributed by atoms with E-state index in [9.17, 15) is 14.3 Å². The van der Waals surface area contributed by atoms with Crippen LogP contribution in [0.4, 0.5) is 4.39 Å². The monoisotopic (exact) mass is 254 g/mol. The van der Waals surface area contributed by atoms with Crippen LogP contribution < -0.4 is 5.32 Å². The van der Waals surface area contributed by atoms with Gasteiger partial charge in [0.2, 0.25) is 0 Å². The third-order valence-electron chi connectivity index (χ3n) is 2.67. The molecule has 0 radical (unpaired) electrons. The quantitative estimate of drug-likeness (QED) is 0.806. The molecule has 0 aliphatic carbocycles. The third kappa shape index (κ3) is 4.09. The van der Waals surface area contributed by atoms with E-state index < -0.39 is 12.0 Å². The maximum atomic E-state index is 13.1. The van der Waals surface area contributed by atoms with Crippen molar-refractivity contribution >= 4 is 5.97 Å². The molecule has 1 aromatic carbocycles. The highest BCUT2D eigenvalue weighted by Crippen LogP contribution is 2.17. The maximum Gasteiger partial charge on any atom is 0.325 e. The van der Waals surface area contributed by atoms with Gasteiger partial charge >= 0.3 is 5.97 Å². The molecular formula is C13H19FN2O2. The molecule has 0 amide bonds. The molecule has 0 aromatic heterocycles. The second-order valence-electron chi connectivity index (χ2n) is 4.54. The normalized spacial score (nSPS) is 12.7. The number of hydrogen-bond donors (Lipinski definition) is 2. The molecule has 4 nitrogen and oxygen atoms in total. The Balaban J connectivity index is 2.78. The highest BCUT2D eigenvalue weighted by Gasteiger charge is 2.19. The Labute approximate surface area is 106 Å². The van der Waals surface area contributed by atoms with Crippen molar-refractivity contribution in [2.24, 2.45) is 0 Å². The Morgan fingerprint density at radius 3 is 2.67 bits per heavy atom. The molecule has 0 saturated heterocycles. The molecule has 0 aliphatic heterocycles. The van der Waals surface area contributed by atoms with E-state index in [1.165, 1.54) is 12.1 Å². The van der Waals surface area contributed by atoms with Gasteiger partial charge in [-0.3, -0.25) is 10.1 Å². The summed E-state index contributed by atoms with van der Waals surface area (Å²) in [6.45, 7) is 2.92. The fraction of sp³-hybridized carbons (Fsp3) is 0.462. The van der Waals surface area contributed by atoms with Crippen molar-refractivity contribution in [2.45, 2.75) is 13.0 Å². The van der Waals surface area contributed by atoms with E-state index in [2.05, 4.69) is 5.32 Å². The summed E-state index contributed by atoms with van der Waals surface area (Å²) in [5.41, 5.74) is 1.02. The number of rotatable bonds is 6. The molecule has 1 unspecified atom stereocenters. The molecule has 1 rings (SSSR count). The van der Waals surface area contributed by atoms with Gasteiger partial charge in [-0.15, -0.1) is 0 Å². The fourth-order valence-electron chi connectivity index (χ4n) is 1.63. The van der Waals surface area contributed by atoms with Gasteiger partial charge in [0.25, 0.3) is 0 Å². The first-order valence-corrected chi connectivity index (χ1v) is 5.78. The highest BCUT2D eigenvalue weighted by atomic mass is 19.1. The van der Waals surface area contributed by atoms with Gasteiger partial charge in [0.1, 0.15) is 11.9 Å². The van der Waals surface area contributed by atoms with Gasteiger partial charge in [-0.1, -0.05) is 12.1 Å². The SMILES string of the molecule is Cc1cc(C(NCCN(C)C)C(=O)O)ccc1F. The molecule has 1 atom stereocenters. The fourth-order valence-corrected chi connectivity index (χ4v) is 1.63. The second-order valence-corrected chi connectivity index (χ2v) is 4.54. The molecule has 0 heterocycles. The zero-order chi connectivity index (χ0) is 13.7. The van der Waals surface area contributed by atoms with Crippen LogP contribution in [0.25, 0.3) is 0 Å². The largest absolute Gasteiger partial charge is 0.480 e. The predicted molar refractivity (Wildman–Crippen MR) is 68.1 cm³/mol. The first-order chi connectivity index (χ1) is 8.41. The first-order valence-electron chi connectivity index (χ1n) is 5.78. The molecule has 5 heteroatoms. The summed E-state index contributed by atoms with van der Waals surface area (Å²) in [7, 11) is 3.83. The number of nitrogens with zero attached hydrogens (tertiary/aromatic N) is 1. The van der Waals surface area contributed by atoms with Crippen molar-refractivity contribution < 1.29 is 14.3 Å². The minimum Gasteiger partial charge on any atom is -0.480 e. The van der Waals surface area contributed by atoms with Crippen LogP contribution in [0.3, 0.4) is 0 Å². The van der Waals surface area contributed by atoms with E-state index in [4.69, 9.17) is 0 Å². The number of nitrogens with one attached hydrogen (secondary N) is 1. The van der Waals surface area contributed by atoms with Crippen LogP contribution in [0.2, 0.25) is 0 Å². The lowest BCUT2D eigenvalue weighted by Crippen LogP contribution is -2.34. The number of likely N-dealkylation sites (N-methyl/N-ethyl adjacent to an activating group) is 1. The molecule has 18 heavy (non-hydrogen) atoms. The topological polar surface area (TPSA) is 52.6 Å². The summed E-state index contributed by atoms with van der Waals surface area (Å²) in [6, 6.07) is 3.57. The van der Waals surface area contributed by atoms with Gasteiger partial charge in [-0.05, 0) is 38.2 Å². The Morgan fingerprint density at radius 1 is 1.50 bits per heavy atom. The lowest BCUT2D eigenvalue weighted by molar-refractivity contribution is -0.139. The molecule has 0 fully saturated rings. The molecule has 1 aromatic rings. The van der Waals surface area contributed by atoms with Gasteiger partial charge in [-0.2, -0.15) is 0 Å². The minimum absolute atomic E-state index is 0.323. The van der Waals surface area contributed by atoms with Crippen molar-refractivity contribution in [3.63, 3.8) is 0 Å². The lowest BCUT2D eigenvalue weighted by Gasteiger charge is -2.17. The molecule has 0 saturated carbocycles. The average molecular weight is 254 g/mol. The number of carboxylic acid groups (broad SMARTS) is 1. The standard InChI is InChI=1S/C13H19FN2O2/c1-9-8-10(4-5-11(9)14)12(13(17)18)15-6-7-16(2)3/h4-5,8,12,15H,6-7H2,1-3H3,(H,17,18). The number of hydrogen-bond acceptors (Lipinski definition) is 3. The molecular weight excluding hydrogens is 235 g/mol. The van der Waals surface area contributed by atoms with Crippen LogP contribution in [0, 0.1) is 12.7 Å². The number of benzene rings is 1. The zero-order valence-electron chi connectivity index (χ0n) is 10.9. The summed E-state index contributed by atoms with van der Waals surface area (Å²) in [6.07, 6.45) is 0. The smallest absolute Gasteiger partial charge is 0.325 e. The molecule has 0 bridgehead atoms. The Hall–Kier alpha value is -1.46. The Morgan fingerprint density at radius 2 is 2.17 bits per heavy atom. The summed E-state index contributed by atoms with van der Waals surface area (Å²) >= 11 is 0. The van der Waals surface area contributed by atoms with Gasteiger partial charge in [0, 0.05) is 13.1 Å². The van der Waals surface area contributed by atoms with Crippen LogP contribution in [-0.2, 0) is 4.79 Å². The van der Waals surface area contributed by atoms with Crippen molar-refractivity contribution in [3.8, 4) is 0 Å². The van der Waals surface area contributed by atoms with Crippen LogP contribution in [0.5, 0.6) is 0 Å². The summed E-state index contributed by atoms with van der Waals surface area (Å²) in [5.74, 6) is -1.28. The van der Waals surface area contributed by atoms with Crippen LogP contribution in [0.15, 0.2) is 18.2 Å². The summed E-state index contributed by atoms with van der Waals surface area (Å²) in [4.78, 5) is 13.2. The van der Waals surface area contributed by atoms with E-state index in [0.29, 0.717) is 17.7 Å². The number of carboxylic acids is 1. The first kappa shape index (κ1) is 14.6. The van der Waals surface area contributed by atoms with Gasteiger partial charge in [0.05, 0.1) is 0 Å². The van der Waals surface area contributed by atoms with E-state index in [1.807, 2.05) is 19.0 Å². The Bertz CT molecular complexity index is 421. The average Bonchev–Trinajstić information content (AvgIpc) is 2.27. The zero-order valence-corrected chi connectivity index (χ0v) is 10.9. The number of aliphatic carboxylic acids is 1. The van der Waals surface area contributed by atoms with Gasteiger partial charge in [-0.25, -0.2) is 4.39 Å². The van der Waals surface area contributed by atoms with E-state index >= 15 is 0 Å². The van der Waals surface area contributed by atoms with E-state index in [-0.39, 0.29) is 5.82 Å². The van der Waals surface area contributed by atoms with E-state index in [0.717, 1.165) is 6.54 Å². The summed E-state index contributed by atoms with van der Waals surface area (Å²) < 4.78 is 13.1. The van der Waals surface area contributed by atoms with Crippen molar-refractivity contribution in [1.82, 2.24) is 10.2 Å². The van der Waals surface area contributed by atoms with Crippen molar-refractivity contribution in [1.29, 1.82) is 0 Å². The lowest BCUT2D eigenvalue weighted by atomic mass is 10.0. The van der Waals surface area contributed by atoms with Gasteiger partial charge in [0.15, 0.2) is 0 Å². The highest BCUT2D eigenvalue weighted by molar-refractivity contribution is 5.75. The van der Waals surface area contributed by atoms with E-state index in [1.54, 1.807) is 13.0 Å². The second kappa shape index (κ2) is 6.47. The third-order valence-corrected chi connectivity index (χ3v) is 2.67. The van der Waals surface area contributed by atoms with Crippen molar-refractivity contribution in [3.05, 3.63) is 35.1 Å². The van der Waals surface area contributed by atoms with Crippen LogP contribution in [0.1, 0.15) is 17.2 Å². The summed E-state index contributed by atoms with van der Waals surface area (Å²) in [5, 5.41) is 12.1. The van der Waals surface area contributed by atoms with Gasteiger partial charge < -0.3 is 10.0 Å². The number of aryl methyl sites for hydroxylation is 1. The Kier molecular flexibility index (Phi) is 5.25. The molecule has 2 N–H and O–H groups in total.